The lowest BCUT2D eigenvalue weighted by Crippen LogP contribution is -2.49. The molecular weight excluding hydrogens is 392 g/mol. The van der Waals surface area contributed by atoms with Gasteiger partial charge in [-0.15, -0.1) is 11.8 Å². The van der Waals surface area contributed by atoms with Crippen LogP contribution in [-0.2, 0) is 16.1 Å². The highest BCUT2D eigenvalue weighted by atomic mass is 35.5. The third kappa shape index (κ3) is 6.88. The fourth-order valence-corrected chi connectivity index (χ4v) is 3.89. The number of hydrogen-bond donors (Lipinski definition) is 1. The van der Waals surface area contributed by atoms with E-state index in [9.17, 15) is 9.59 Å². The average Bonchev–Trinajstić information content (AvgIpc) is 2.70. The number of nitrogens with zero attached hydrogens (tertiary/aromatic N) is 1. The van der Waals surface area contributed by atoms with Gasteiger partial charge in [-0.2, -0.15) is 0 Å². The first-order chi connectivity index (χ1) is 13.5. The Kier molecular flexibility index (Phi) is 9.38. The summed E-state index contributed by atoms with van der Waals surface area (Å²) < 4.78 is 0. The van der Waals surface area contributed by atoms with Crippen molar-refractivity contribution >= 4 is 35.2 Å². The molecule has 2 amide bonds. The number of halogens is 1. The van der Waals surface area contributed by atoms with Crippen LogP contribution in [0.5, 0.6) is 0 Å². The van der Waals surface area contributed by atoms with Crippen molar-refractivity contribution in [2.75, 3.05) is 12.3 Å². The van der Waals surface area contributed by atoms with Crippen LogP contribution in [0.25, 0.3) is 0 Å². The summed E-state index contributed by atoms with van der Waals surface area (Å²) >= 11 is 7.53. The van der Waals surface area contributed by atoms with Crippen LogP contribution < -0.4 is 5.32 Å². The molecule has 0 saturated heterocycles. The summed E-state index contributed by atoms with van der Waals surface area (Å²) in [6.45, 7) is 4.81. The van der Waals surface area contributed by atoms with Crippen molar-refractivity contribution in [3.05, 3.63) is 65.2 Å². The number of thioether (sulfide) groups is 1. The van der Waals surface area contributed by atoms with Gasteiger partial charge in [0.15, 0.2) is 0 Å². The molecule has 0 aliphatic rings. The van der Waals surface area contributed by atoms with Gasteiger partial charge in [-0.05, 0) is 43.2 Å². The fraction of sp³-hybridized carbons (Fsp3) is 0.364. The molecule has 28 heavy (non-hydrogen) atoms. The molecule has 0 bridgehead atoms. The molecule has 0 aromatic heterocycles. The van der Waals surface area contributed by atoms with Crippen molar-refractivity contribution in [1.29, 1.82) is 0 Å². The standard InChI is InChI=1S/C22H27ClN2O2S/c1-3-20(22(27)24-4-2)25(16-17-8-6-5-7-9-17)21(26)14-15-28-19-12-10-18(23)11-13-19/h5-13,20H,3-4,14-16H2,1-2H3,(H,24,27)/t20-/m1/s1. The lowest BCUT2D eigenvalue weighted by Gasteiger charge is -2.30. The lowest BCUT2D eigenvalue weighted by atomic mass is 10.1. The number of hydrogen-bond acceptors (Lipinski definition) is 3. The minimum Gasteiger partial charge on any atom is -0.355 e. The predicted octanol–water partition coefficient (Wildman–Crippen LogP) is 4.77. The van der Waals surface area contributed by atoms with Crippen molar-refractivity contribution in [3.8, 4) is 0 Å². The van der Waals surface area contributed by atoms with Crippen molar-refractivity contribution in [3.63, 3.8) is 0 Å². The highest BCUT2D eigenvalue weighted by Crippen LogP contribution is 2.22. The molecule has 4 nitrogen and oxygen atoms in total. The van der Waals surface area contributed by atoms with Gasteiger partial charge in [0.1, 0.15) is 6.04 Å². The van der Waals surface area contributed by atoms with Gasteiger partial charge in [0.05, 0.1) is 0 Å². The molecule has 0 spiro atoms. The Morgan fingerprint density at radius 3 is 2.36 bits per heavy atom. The van der Waals surface area contributed by atoms with E-state index in [0.717, 1.165) is 10.5 Å². The van der Waals surface area contributed by atoms with E-state index in [2.05, 4.69) is 5.32 Å². The zero-order chi connectivity index (χ0) is 20.4. The van der Waals surface area contributed by atoms with Crippen molar-refractivity contribution in [2.24, 2.45) is 0 Å². The van der Waals surface area contributed by atoms with Crippen LogP contribution in [0.15, 0.2) is 59.5 Å². The van der Waals surface area contributed by atoms with Crippen molar-refractivity contribution in [2.45, 2.75) is 44.2 Å². The van der Waals surface area contributed by atoms with Crippen molar-refractivity contribution in [1.82, 2.24) is 10.2 Å². The highest BCUT2D eigenvalue weighted by Gasteiger charge is 2.27. The van der Waals surface area contributed by atoms with Gasteiger partial charge < -0.3 is 10.2 Å². The molecule has 1 atom stereocenters. The topological polar surface area (TPSA) is 49.4 Å². The van der Waals surface area contributed by atoms with Crippen LogP contribution in [0.3, 0.4) is 0 Å². The van der Waals surface area contributed by atoms with Gasteiger partial charge in [0.25, 0.3) is 0 Å². The predicted molar refractivity (Wildman–Crippen MR) is 117 cm³/mol. The Labute approximate surface area is 176 Å². The average molecular weight is 419 g/mol. The molecule has 0 fully saturated rings. The maximum Gasteiger partial charge on any atom is 0.242 e. The second kappa shape index (κ2) is 11.8. The Morgan fingerprint density at radius 1 is 1.07 bits per heavy atom. The molecule has 1 N–H and O–H groups in total. The molecule has 6 heteroatoms. The summed E-state index contributed by atoms with van der Waals surface area (Å²) in [4.78, 5) is 28.3. The molecule has 0 heterocycles. The number of carbonyl (C=O) groups excluding carboxylic acids is 2. The van der Waals surface area contributed by atoms with E-state index in [0.29, 0.717) is 36.7 Å². The summed E-state index contributed by atoms with van der Waals surface area (Å²) in [5.74, 6) is 0.542. The minimum absolute atomic E-state index is 0.0107. The Balaban J connectivity index is 2.06. The Bertz CT molecular complexity index is 753. The molecule has 0 saturated carbocycles. The normalized spacial score (nSPS) is 11.7. The number of nitrogens with one attached hydrogen (secondary N) is 1. The van der Waals surface area contributed by atoms with E-state index in [1.54, 1.807) is 16.7 Å². The molecule has 0 radical (unpaired) electrons. The number of amides is 2. The van der Waals surface area contributed by atoms with Gasteiger partial charge in [0, 0.05) is 35.2 Å². The maximum absolute atomic E-state index is 13.0. The number of rotatable bonds is 10. The lowest BCUT2D eigenvalue weighted by molar-refractivity contribution is -0.141. The first-order valence-corrected chi connectivity index (χ1v) is 10.9. The molecule has 0 unspecified atom stereocenters. The van der Waals surface area contributed by atoms with E-state index in [1.807, 2.05) is 68.4 Å². The van der Waals surface area contributed by atoms with Gasteiger partial charge in [-0.3, -0.25) is 9.59 Å². The van der Waals surface area contributed by atoms with Gasteiger partial charge in [-0.1, -0.05) is 48.9 Å². The highest BCUT2D eigenvalue weighted by molar-refractivity contribution is 7.99. The molecule has 2 rings (SSSR count). The van der Waals surface area contributed by atoms with E-state index in [1.165, 1.54) is 0 Å². The second-order valence-electron chi connectivity index (χ2n) is 6.38. The monoisotopic (exact) mass is 418 g/mol. The third-order valence-electron chi connectivity index (χ3n) is 4.33. The minimum atomic E-state index is -0.465. The van der Waals surface area contributed by atoms with E-state index >= 15 is 0 Å². The number of carbonyl (C=O) groups is 2. The van der Waals surface area contributed by atoms with Crippen LogP contribution in [0.1, 0.15) is 32.3 Å². The van der Waals surface area contributed by atoms with Crippen LogP contribution in [0, 0.1) is 0 Å². The quantitative estimate of drug-likeness (QED) is 0.565. The third-order valence-corrected chi connectivity index (χ3v) is 5.60. The molecule has 0 aliphatic carbocycles. The Morgan fingerprint density at radius 2 is 1.75 bits per heavy atom. The molecule has 2 aromatic carbocycles. The summed E-state index contributed by atoms with van der Waals surface area (Å²) in [7, 11) is 0. The van der Waals surface area contributed by atoms with E-state index in [4.69, 9.17) is 11.6 Å². The maximum atomic E-state index is 13.0. The summed E-state index contributed by atoms with van der Waals surface area (Å²) in [5, 5.41) is 3.55. The SMILES string of the molecule is CCNC(=O)[C@@H](CC)N(Cc1ccccc1)C(=O)CCSc1ccc(Cl)cc1. The van der Waals surface area contributed by atoms with Crippen LogP contribution in [0.4, 0.5) is 0 Å². The largest absolute Gasteiger partial charge is 0.355 e. The summed E-state index contributed by atoms with van der Waals surface area (Å²) in [6.07, 6.45) is 0.949. The van der Waals surface area contributed by atoms with Crippen LogP contribution in [0.2, 0.25) is 5.02 Å². The van der Waals surface area contributed by atoms with Crippen LogP contribution in [-0.4, -0.2) is 35.1 Å². The van der Waals surface area contributed by atoms with Gasteiger partial charge >= 0.3 is 0 Å². The number of likely N-dealkylation sites (N-methyl/N-ethyl adjacent to an activating group) is 1. The van der Waals surface area contributed by atoms with Gasteiger partial charge in [-0.25, -0.2) is 0 Å². The van der Waals surface area contributed by atoms with Crippen LogP contribution >= 0.6 is 23.4 Å². The van der Waals surface area contributed by atoms with E-state index < -0.39 is 6.04 Å². The fourth-order valence-electron chi connectivity index (χ4n) is 2.92. The van der Waals surface area contributed by atoms with Crippen molar-refractivity contribution < 1.29 is 9.59 Å². The molecule has 2 aromatic rings. The zero-order valence-electron chi connectivity index (χ0n) is 16.4. The first kappa shape index (κ1) is 22.3. The Hall–Kier alpha value is -1.98. The first-order valence-electron chi connectivity index (χ1n) is 9.54. The smallest absolute Gasteiger partial charge is 0.242 e. The molecular formula is C22H27ClN2O2S. The zero-order valence-corrected chi connectivity index (χ0v) is 17.9. The molecule has 0 aliphatic heterocycles. The summed E-state index contributed by atoms with van der Waals surface area (Å²) in [5.41, 5.74) is 1.02. The second-order valence-corrected chi connectivity index (χ2v) is 7.98. The van der Waals surface area contributed by atoms with Gasteiger partial charge in [0.2, 0.25) is 11.8 Å². The summed E-state index contributed by atoms with van der Waals surface area (Å²) in [6, 6.07) is 16.9. The molecule has 150 valence electrons. The number of benzene rings is 2. The van der Waals surface area contributed by atoms with E-state index in [-0.39, 0.29) is 11.8 Å².